The van der Waals surface area contributed by atoms with Gasteiger partial charge in [-0.1, -0.05) is 24.3 Å². The van der Waals surface area contributed by atoms with Crippen LogP contribution in [0.4, 0.5) is 0 Å². The van der Waals surface area contributed by atoms with Gasteiger partial charge in [-0.25, -0.2) is 0 Å². The van der Waals surface area contributed by atoms with Gasteiger partial charge in [0.15, 0.2) is 0 Å². The molecule has 1 aromatic carbocycles. The van der Waals surface area contributed by atoms with E-state index in [9.17, 15) is 9.59 Å². The second-order valence-corrected chi connectivity index (χ2v) is 6.53. The summed E-state index contributed by atoms with van der Waals surface area (Å²) in [5.41, 5.74) is 1.77. The molecule has 2 aliphatic rings. The van der Waals surface area contributed by atoms with Crippen LogP contribution in [0.25, 0.3) is 0 Å². The van der Waals surface area contributed by atoms with Crippen molar-refractivity contribution in [3.8, 4) is 0 Å². The molecule has 1 aromatic rings. The number of hydrogen-bond donors (Lipinski definition) is 1. The van der Waals surface area contributed by atoms with Crippen LogP contribution in [0.15, 0.2) is 24.3 Å². The monoisotopic (exact) mass is 286 g/mol. The van der Waals surface area contributed by atoms with Gasteiger partial charge in [0.1, 0.15) is 5.54 Å². The lowest BCUT2D eigenvalue weighted by molar-refractivity contribution is -0.139. The molecule has 4 nitrogen and oxygen atoms in total. The molecule has 1 N–H and O–H groups in total. The maximum atomic E-state index is 12.8. The molecule has 1 atom stereocenters. The van der Waals surface area contributed by atoms with Crippen molar-refractivity contribution >= 4 is 11.8 Å². The fraction of sp³-hybridized carbons (Fsp3) is 0.529. The zero-order valence-electron chi connectivity index (χ0n) is 12.7. The SMILES string of the molecule is CC1(C)NC(=O)CCN(C2CCCc3ccccc32)C1=O. The van der Waals surface area contributed by atoms with Crippen molar-refractivity contribution in [1.29, 1.82) is 0 Å². The van der Waals surface area contributed by atoms with Gasteiger partial charge in [0.2, 0.25) is 11.8 Å². The van der Waals surface area contributed by atoms with Crippen molar-refractivity contribution < 1.29 is 9.59 Å². The molecular formula is C17H22N2O2. The predicted octanol–water partition coefficient (Wildman–Crippen LogP) is 2.19. The summed E-state index contributed by atoms with van der Waals surface area (Å²) in [5, 5.41) is 2.83. The molecule has 0 spiro atoms. The van der Waals surface area contributed by atoms with E-state index in [-0.39, 0.29) is 17.9 Å². The number of carbonyl (C=O) groups is 2. The van der Waals surface area contributed by atoms with Gasteiger partial charge in [-0.3, -0.25) is 9.59 Å². The standard InChI is InChI=1S/C17H22N2O2/c1-17(2)16(21)19(11-10-15(20)18-17)14-9-5-7-12-6-3-4-8-13(12)14/h3-4,6,8,14H,5,7,9-11H2,1-2H3,(H,18,20). The van der Waals surface area contributed by atoms with Crippen LogP contribution in [-0.4, -0.2) is 28.8 Å². The lowest BCUT2D eigenvalue weighted by Crippen LogP contribution is -2.53. The van der Waals surface area contributed by atoms with Gasteiger partial charge in [0.05, 0.1) is 6.04 Å². The van der Waals surface area contributed by atoms with Gasteiger partial charge in [-0.2, -0.15) is 0 Å². The Morgan fingerprint density at radius 2 is 1.95 bits per heavy atom. The van der Waals surface area contributed by atoms with E-state index in [1.54, 1.807) is 13.8 Å². The minimum Gasteiger partial charge on any atom is -0.342 e. The summed E-state index contributed by atoms with van der Waals surface area (Å²) in [4.78, 5) is 26.6. The zero-order chi connectivity index (χ0) is 15.0. The van der Waals surface area contributed by atoms with Crippen molar-refractivity contribution in [2.75, 3.05) is 6.54 Å². The summed E-state index contributed by atoms with van der Waals surface area (Å²) in [6.07, 6.45) is 3.53. The Morgan fingerprint density at radius 1 is 1.19 bits per heavy atom. The Balaban J connectivity index is 1.96. The normalized spacial score (nSPS) is 25.0. The van der Waals surface area contributed by atoms with Crippen LogP contribution in [0.1, 0.15) is 50.3 Å². The Hall–Kier alpha value is -1.84. The minimum atomic E-state index is -0.819. The molecule has 1 aliphatic carbocycles. The highest BCUT2D eigenvalue weighted by atomic mass is 16.2. The zero-order valence-corrected chi connectivity index (χ0v) is 12.7. The third kappa shape index (κ3) is 2.55. The molecule has 112 valence electrons. The molecule has 1 fully saturated rings. The van der Waals surface area contributed by atoms with E-state index in [0.29, 0.717) is 13.0 Å². The third-order valence-corrected chi connectivity index (χ3v) is 4.54. The first-order valence-corrected chi connectivity index (χ1v) is 7.69. The summed E-state index contributed by atoms with van der Waals surface area (Å²) in [6, 6.07) is 8.47. The Labute approximate surface area is 125 Å². The minimum absolute atomic E-state index is 0.0232. The van der Waals surface area contributed by atoms with E-state index in [0.717, 1.165) is 19.3 Å². The van der Waals surface area contributed by atoms with Crippen LogP contribution < -0.4 is 5.32 Å². The smallest absolute Gasteiger partial charge is 0.248 e. The van der Waals surface area contributed by atoms with Gasteiger partial charge in [-0.05, 0) is 44.2 Å². The first kappa shape index (κ1) is 14.1. The number of amides is 2. The molecule has 0 saturated carbocycles. The highest BCUT2D eigenvalue weighted by Crippen LogP contribution is 2.36. The largest absolute Gasteiger partial charge is 0.342 e. The molecule has 1 saturated heterocycles. The number of benzene rings is 1. The Morgan fingerprint density at radius 3 is 2.76 bits per heavy atom. The van der Waals surface area contributed by atoms with Crippen LogP contribution in [-0.2, 0) is 16.0 Å². The number of hydrogen-bond acceptors (Lipinski definition) is 2. The van der Waals surface area contributed by atoms with E-state index >= 15 is 0 Å². The lowest BCUT2D eigenvalue weighted by atomic mass is 9.86. The van der Waals surface area contributed by atoms with E-state index < -0.39 is 5.54 Å². The van der Waals surface area contributed by atoms with Gasteiger partial charge in [0.25, 0.3) is 0 Å². The molecule has 1 aliphatic heterocycles. The molecule has 1 heterocycles. The van der Waals surface area contributed by atoms with E-state index in [2.05, 4.69) is 23.5 Å². The van der Waals surface area contributed by atoms with E-state index in [4.69, 9.17) is 0 Å². The number of fused-ring (bicyclic) bond motifs is 1. The summed E-state index contributed by atoms with van der Waals surface area (Å²) < 4.78 is 0. The van der Waals surface area contributed by atoms with Gasteiger partial charge in [0, 0.05) is 13.0 Å². The molecule has 3 rings (SSSR count). The number of aryl methyl sites for hydroxylation is 1. The van der Waals surface area contributed by atoms with Crippen molar-refractivity contribution in [2.45, 2.75) is 51.1 Å². The van der Waals surface area contributed by atoms with Crippen molar-refractivity contribution in [3.05, 3.63) is 35.4 Å². The number of nitrogens with zero attached hydrogens (tertiary/aromatic N) is 1. The number of carbonyl (C=O) groups excluding carboxylic acids is 2. The topological polar surface area (TPSA) is 49.4 Å². The Bertz CT molecular complexity index is 580. The maximum absolute atomic E-state index is 12.8. The van der Waals surface area contributed by atoms with Crippen molar-refractivity contribution in [1.82, 2.24) is 10.2 Å². The van der Waals surface area contributed by atoms with E-state index in [1.165, 1.54) is 11.1 Å². The number of nitrogens with one attached hydrogen (secondary N) is 1. The Kier molecular flexibility index (Phi) is 3.47. The maximum Gasteiger partial charge on any atom is 0.248 e. The van der Waals surface area contributed by atoms with Crippen LogP contribution in [0.2, 0.25) is 0 Å². The van der Waals surface area contributed by atoms with Crippen molar-refractivity contribution in [2.24, 2.45) is 0 Å². The summed E-state index contributed by atoms with van der Waals surface area (Å²) in [7, 11) is 0. The molecule has 4 heteroatoms. The molecule has 2 amide bonds. The van der Waals surface area contributed by atoms with E-state index in [1.807, 2.05) is 11.0 Å². The average molecular weight is 286 g/mol. The average Bonchev–Trinajstić information content (AvgIpc) is 2.56. The molecular weight excluding hydrogens is 264 g/mol. The summed E-state index contributed by atoms with van der Waals surface area (Å²) >= 11 is 0. The summed E-state index contributed by atoms with van der Waals surface area (Å²) in [6.45, 7) is 4.09. The molecule has 0 radical (unpaired) electrons. The first-order valence-electron chi connectivity index (χ1n) is 7.69. The van der Waals surface area contributed by atoms with Gasteiger partial charge in [-0.15, -0.1) is 0 Å². The number of rotatable bonds is 1. The van der Waals surface area contributed by atoms with Gasteiger partial charge < -0.3 is 10.2 Å². The molecule has 21 heavy (non-hydrogen) atoms. The third-order valence-electron chi connectivity index (χ3n) is 4.54. The van der Waals surface area contributed by atoms with Crippen molar-refractivity contribution in [3.63, 3.8) is 0 Å². The predicted molar refractivity (Wildman–Crippen MR) is 80.7 cm³/mol. The summed E-state index contributed by atoms with van der Waals surface area (Å²) in [5.74, 6) is -0.0185. The second-order valence-electron chi connectivity index (χ2n) is 6.53. The van der Waals surface area contributed by atoms with Crippen LogP contribution in [0.3, 0.4) is 0 Å². The second kappa shape index (κ2) is 5.17. The molecule has 1 unspecified atom stereocenters. The quantitative estimate of drug-likeness (QED) is 0.860. The highest BCUT2D eigenvalue weighted by molar-refractivity contribution is 5.93. The van der Waals surface area contributed by atoms with Crippen LogP contribution in [0, 0.1) is 0 Å². The highest BCUT2D eigenvalue weighted by Gasteiger charge is 2.40. The van der Waals surface area contributed by atoms with Gasteiger partial charge >= 0.3 is 0 Å². The fourth-order valence-corrected chi connectivity index (χ4v) is 3.50. The lowest BCUT2D eigenvalue weighted by Gasteiger charge is -2.38. The fourth-order valence-electron chi connectivity index (χ4n) is 3.50. The molecule has 0 bridgehead atoms. The molecule has 0 aromatic heterocycles. The van der Waals surface area contributed by atoms with Crippen LogP contribution in [0.5, 0.6) is 0 Å². The first-order chi connectivity index (χ1) is 9.99. The van der Waals surface area contributed by atoms with Crippen LogP contribution >= 0.6 is 0 Å².